The van der Waals surface area contributed by atoms with Gasteiger partial charge in [0.25, 0.3) is 5.91 Å². The summed E-state index contributed by atoms with van der Waals surface area (Å²) in [5.41, 5.74) is 2.25. The topological polar surface area (TPSA) is 58.4 Å². The Morgan fingerprint density at radius 2 is 1.80 bits per heavy atom. The van der Waals surface area contributed by atoms with Crippen molar-refractivity contribution in [3.63, 3.8) is 0 Å². The maximum Gasteiger partial charge on any atom is 0.250 e. The van der Waals surface area contributed by atoms with Crippen LogP contribution in [0.25, 0.3) is 0 Å². The van der Waals surface area contributed by atoms with Crippen LogP contribution in [-0.4, -0.2) is 29.9 Å². The second kappa shape index (κ2) is 4.49. The van der Waals surface area contributed by atoms with Gasteiger partial charge >= 0.3 is 0 Å². The Morgan fingerprint density at radius 3 is 2.13 bits per heavy atom. The quantitative estimate of drug-likeness (QED) is 0.382. The molecule has 1 unspecified atom stereocenters. The van der Waals surface area contributed by atoms with Gasteiger partial charge in [-0.15, -0.1) is 0 Å². The van der Waals surface area contributed by atoms with Crippen molar-refractivity contribution in [1.29, 1.82) is 0 Å². The van der Waals surface area contributed by atoms with E-state index >= 15 is 0 Å². The maximum atomic E-state index is 11.5. The molecule has 1 amide bonds. The second-order valence-electron chi connectivity index (χ2n) is 5.03. The molecule has 15 heavy (non-hydrogen) atoms. The SMILES string of the molecule is CC(C(=O)NN)N(CC1CC1)CC1CC1. The summed E-state index contributed by atoms with van der Waals surface area (Å²) in [4.78, 5) is 13.8. The first-order chi connectivity index (χ1) is 7.20. The molecule has 4 nitrogen and oxygen atoms in total. The number of nitrogens with zero attached hydrogens (tertiary/aromatic N) is 1. The molecule has 3 N–H and O–H groups in total. The van der Waals surface area contributed by atoms with Crippen LogP contribution in [-0.2, 0) is 4.79 Å². The van der Waals surface area contributed by atoms with Crippen LogP contribution < -0.4 is 11.3 Å². The Balaban J connectivity index is 1.85. The van der Waals surface area contributed by atoms with Crippen molar-refractivity contribution in [2.24, 2.45) is 17.7 Å². The third-order valence-corrected chi connectivity index (χ3v) is 3.45. The molecule has 2 saturated carbocycles. The van der Waals surface area contributed by atoms with Gasteiger partial charge in [-0.25, -0.2) is 5.84 Å². The van der Waals surface area contributed by atoms with Gasteiger partial charge in [-0.1, -0.05) is 0 Å². The van der Waals surface area contributed by atoms with E-state index in [2.05, 4.69) is 10.3 Å². The predicted molar refractivity (Wildman–Crippen MR) is 58.8 cm³/mol. The fourth-order valence-corrected chi connectivity index (χ4v) is 1.94. The largest absolute Gasteiger partial charge is 0.293 e. The Morgan fingerprint density at radius 1 is 1.33 bits per heavy atom. The molecule has 0 spiro atoms. The highest BCUT2D eigenvalue weighted by atomic mass is 16.2. The highest BCUT2D eigenvalue weighted by molar-refractivity contribution is 5.80. The van der Waals surface area contributed by atoms with E-state index in [9.17, 15) is 4.79 Å². The van der Waals surface area contributed by atoms with E-state index in [4.69, 9.17) is 5.84 Å². The number of amides is 1. The van der Waals surface area contributed by atoms with Gasteiger partial charge in [-0.2, -0.15) is 0 Å². The number of hydrogen-bond donors (Lipinski definition) is 2. The van der Waals surface area contributed by atoms with Gasteiger partial charge in [0.1, 0.15) is 0 Å². The number of nitrogens with one attached hydrogen (secondary N) is 1. The third-order valence-electron chi connectivity index (χ3n) is 3.45. The number of carbonyl (C=O) groups excluding carboxylic acids is 1. The zero-order valence-electron chi connectivity index (χ0n) is 9.41. The molecule has 1 atom stereocenters. The summed E-state index contributed by atoms with van der Waals surface area (Å²) < 4.78 is 0. The summed E-state index contributed by atoms with van der Waals surface area (Å²) in [6.45, 7) is 4.10. The van der Waals surface area contributed by atoms with Crippen molar-refractivity contribution in [3.8, 4) is 0 Å². The normalized spacial score (nSPS) is 22.9. The molecule has 0 aromatic heterocycles. The minimum absolute atomic E-state index is 0.0590. The highest BCUT2D eigenvalue weighted by Crippen LogP contribution is 2.34. The van der Waals surface area contributed by atoms with Gasteiger partial charge in [0.2, 0.25) is 0 Å². The van der Waals surface area contributed by atoms with Gasteiger partial charge in [0.05, 0.1) is 6.04 Å². The van der Waals surface area contributed by atoms with Crippen molar-refractivity contribution in [2.45, 2.75) is 38.6 Å². The van der Waals surface area contributed by atoms with Crippen LogP contribution in [0.15, 0.2) is 0 Å². The lowest BCUT2D eigenvalue weighted by Gasteiger charge is -2.27. The molecule has 0 radical (unpaired) electrons. The van der Waals surface area contributed by atoms with E-state index in [0.29, 0.717) is 0 Å². The van der Waals surface area contributed by atoms with E-state index in [1.165, 1.54) is 25.7 Å². The van der Waals surface area contributed by atoms with Crippen molar-refractivity contribution < 1.29 is 4.79 Å². The molecule has 0 aromatic rings. The number of carbonyl (C=O) groups is 1. The van der Waals surface area contributed by atoms with E-state index in [1.807, 2.05) is 6.92 Å². The summed E-state index contributed by atoms with van der Waals surface area (Å²) in [5.74, 6) is 6.78. The maximum absolute atomic E-state index is 11.5. The summed E-state index contributed by atoms with van der Waals surface area (Å²) >= 11 is 0. The first-order valence-electron chi connectivity index (χ1n) is 5.95. The molecule has 0 heterocycles. The lowest BCUT2D eigenvalue weighted by molar-refractivity contribution is -0.126. The molecule has 86 valence electrons. The van der Waals surface area contributed by atoms with Gasteiger partial charge in [-0.05, 0) is 44.4 Å². The first-order valence-corrected chi connectivity index (χ1v) is 5.95. The van der Waals surface area contributed by atoms with Crippen molar-refractivity contribution in [3.05, 3.63) is 0 Å². The predicted octanol–water partition coefficient (Wildman–Crippen LogP) is 0.487. The van der Waals surface area contributed by atoms with E-state index < -0.39 is 0 Å². The number of rotatable bonds is 6. The van der Waals surface area contributed by atoms with Crippen molar-refractivity contribution >= 4 is 5.91 Å². The number of hydrazine groups is 1. The molecule has 2 aliphatic rings. The number of nitrogens with two attached hydrogens (primary N) is 1. The Hall–Kier alpha value is -0.610. The molecule has 2 rings (SSSR count). The molecule has 2 fully saturated rings. The second-order valence-corrected chi connectivity index (χ2v) is 5.03. The smallest absolute Gasteiger partial charge is 0.250 e. The van der Waals surface area contributed by atoms with Crippen LogP contribution in [0.3, 0.4) is 0 Å². The minimum Gasteiger partial charge on any atom is -0.293 e. The minimum atomic E-state index is -0.0730. The van der Waals surface area contributed by atoms with E-state index in [-0.39, 0.29) is 11.9 Å². The molecule has 0 bridgehead atoms. The van der Waals surface area contributed by atoms with Crippen LogP contribution in [0.5, 0.6) is 0 Å². The van der Waals surface area contributed by atoms with Crippen LogP contribution in [0.1, 0.15) is 32.6 Å². The zero-order chi connectivity index (χ0) is 10.8. The average Bonchev–Trinajstić information content (AvgIpc) is 3.08. The van der Waals surface area contributed by atoms with Gasteiger partial charge < -0.3 is 0 Å². The Bertz CT molecular complexity index is 222. The van der Waals surface area contributed by atoms with E-state index in [1.54, 1.807) is 0 Å². The Labute approximate surface area is 91.2 Å². The first kappa shape index (κ1) is 10.9. The van der Waals surface area contributed by atoms with Crippen LogP contribution in [0, 0.1) is 11.8 Å². The summed E-state index contributed by atoms with van der Waals surface area (Å²) in [6.07, 6.45) is 5.33. The van der Waals surface area contributed by atoms with Gasteiger partial charge in [0, 0.05) is 13.1 Å². The third kappa shape index (κ3) is 3.18. The molecule has 4 heteroatoms. The highest BCUT2D eigenvalue weighted by Gasteiger charge is 2.33. The molecule has 0 saturated heterocycles. The number of hydrogen-bond acceptors (Lipinski definition) is 3. The standard InChI is InChI=1S/C11H21N3O/c1-8(11(15)13-12)14(6-9-2-3-9)7-10-4-5-10/h8-10H,2-7,12H2,1H3,(H,13,15). The van der Waals surface area contributed by atoms with Gasteiger partial charge in [-0.3, -0.25) is 15.1 Å². The van der Waals surface area contributed by atoms with E-state index in [0.717, 1.165) is 24.9 Å². The fraction of sp³-hybridized carbons (Fsp3) is 0.909. The molecule has 2 aliphatic carbocycles. The summed E-state index contributed by atoms with van der Waals surface area (Å²) in [5, 5.41) is 0. The van der Waals surface area contributed by atoms with Crippen molar-refractivity contribution in [1.82, 2.24) is 10.3 Å². The summed E-state index contributed by atoms with van der Waals surface area (Å²) in [7, 11) is 0. The Kier molecular flexibility index (Phi) is 3.26. The monoisotopic (exact) mass is 211 g/mol. The zero-order valence-corrected chi connectivity index (χ0v) is 9.41. The molecule has 0 aromatic carbocycles. The molecular formula is C11H21N3O. The van der Waals surface area contributed by atoms with Crippen molar-refractivity contribution in [2.75, 3.05) is 13.1 Å². The summed E-state index contributed by atoms with van der Waals surface area (Å²) in [6, 6.07) is -0.0730. The fourth-order valence-electron chi connectivity index (χ4n) is 1.94. The molecule has 0 aliphatic heterocycles. The van der Waals surface area contributed by atoms with Crippen LogP contribution in [0.2, 0.25) is 0 Å². The molecular weight excluding hydrogens is 190 g/mol. The van der Waals surface area contributed by atoms with Crippen LogP contribution in [0.4, 0.5) is 0 Å². The lowest BCUT2D eigenvalue weighted by atomic mass is 10.2. The van der Waals surface area contributed by atoms with Crippen LogP contribution >= 0.6 is 0 Å². The van der Waals surface area contributed by atoms with Gasteiger partial charge in [0.15, 0.2) is 0 Å². The lowest BCUT2D eigenvalue weighted by Crippen LogP contribution is -2.48. The average molecular weight is 211 g/mol.